The molecule has 3 heteroatoms. The fourth-order valence-electron chi connectivity index (χ4n) is 0.165. The highest BCUT2D eigenvalue weighted by atomic mass is 16.5. The average Bonchev–Trinajstić information content (AvgIpc) is 1.61. The van der Waals surface area contributed by atoms with E-state index in [0.717, 1.165) is 0 Å². The van der Waals surface area contributed by atoms with Crippen LogP contribution in [0.15, 0.2) is 0 Å². The van der Waals surface area contributed by atoms with Crippen LogP contribution in [-0.2, 0) is 9.53 Å². The van der Waals surface area contributed by atoms with E-state index in [0.29, 0.717) is 0 Å². The zero-order chi connectivity index (χ0) is 5.70. The zero-order valence-corrected chi connectivity index (χ0v) is 3.94. The Kier molecular flexibility index (Phi) is 3.32. The van der Waals surface area contributed by atoms with Gasteiger partial charge in [-0.1, -0.05) is 0 Å². The molecule has 0 aromatic carbocycles. The standard InChI is InChI=1S/C4H7NO2/c1-2-7-3-4(5)6/h5H,1-3H2. The molecule has 0 bridgehead atoms. The highest BCUT2D eigenvalue weighted by molar-refractivity contribution is 5.74. The van der Waals surface area contributed by atoms with Crippen LogP contribution in [0.4, 0.5) is 0 Å². The van der Waals surface area contributed by atoms with Gasteiger partial charge in [0, 0.05) is 6.61 Å². The van der Waals surface area contributed by atoms with Crippen molar-refractivity contribution in [2.24, 2.45) is 0 Å². The van der Waals surface area contributed by atoms with Gasteiger partial charge in [-0.2, -0.15) is 0 Å². The van der Waals surface area contributed by atoms with Crippen molar-refractivity contribution in [3.05, 3.63) is 6.92 Å². The molecule has 7 heavy (non-hydrogen) atoms. The lowest BCUT2D eigenvalue weighted by atomic mass is 10.7. The van der Waals surface area contributed by atoms with Crippen LogP contribution < -0.4 is 5.73 Å². The van der Waals surface area contributed by atoms with Gasteiger partial charge < -0.3 is 4.74 Å². The third kappa shape index (κ3) is 5.43. The molecule has 0 saturated carbocycles. The molecule has 0 rings (SSSR count). The van der Waals surface area contributed by atoms with Crippen molar-refractivity contribution in [2.45, 2.75) is 0 Å². The summed E-state index contributed by atoms with van der Waals surface area (Å²) in [4.78, 5) is 9.72. The van der Waals surface area contributed by atoms with E-state index in [1.54, 1.807) is 0 Å². The van der Waals surface area contributed by atoms with E-state index < -0.39 is 5.91 Å². The molecule has 0 aromatic heterocycles. The maximum atomic E-state index is 9.72. The molecule has 1 amide bonds. The molecule has 3 nitrogen and oxygen atoms in total. The van der Waals surface area contributed by atoms with Gasteiger partial charge in [0.05, 0.1) is 0 Å². The van der Waals surface area contributed by atoms with E-state index >= 15 is 0 Å². The third-order valence-electron chi connectivity index (χ3n) is 0.377. The molecular weight excluding hydrogens is 94.0 g/mol. The number of hydrogen-bond acceptors (Lipinski definition) is 2. The second-order valence-corrected chi connectivity index (χ2v) is 0.976. The Balaban J connectivity index is 2.82. The van der Waals surface area contributed by atoms with E-state index in [4.69, 9.17) is 5.73 Å². The van der Waals surface area contributed by atoms with Crippen molar-refractivity contribution in [3.63, 3.8) is 0 Å². The average molecular weight is 101 g/mol. The van der Waals surface area contributed by atoms with Crippen LogP contribution >= 0.6 is 0 Å². The third-order valence-corrected chi connectivity index (χ3v) is 0.377. The summed E-state index contributed by atoms with van der Waals surface area (Å²) in [5.74, 6) is -0.705. The summed E-state index contributed by atoms with van der Waals surface area (Å²) in [5.41, 5.74) is 6.29. The van der Waals surface area contributed by atoms with Crippen molar-refractivity contribution < 1.29 is 9.53 Å². The maximum Gasteiger partial charge on any atom is 0.264 e. The molecule has 40 valence electrons. The SMILES string of the molecule is [CH2]COCC([NH])=O. The van der Waals surface area contributed by atoms with Gasteiger partial charge in [-0.05, 0) is 6.92 Å². The van der Waals surface area contributed by atoms with Crippen LogP contribution in [-0.4, -0.2) is 19.1 Å². The molecule has 0 saturated heterocycles. The molecule has 0 fully saturated rings. The minimum absolute atomic E-state index is 0.135. The minimum Gasteiger partial charge on any atom is -0.372 e. The summed E-state index contributed by atoms with van der Waals surface area (Å²) in [6.45, 7) is 3.42. The second kappa shape index (κ2) is 3.61. The molecular formula is C4H7NO2. The summed E-state index contributed by atoms with van der Waals surface area (Å²) in [6, 6.07) is 0. The van der Waals surface area contributed by atoms with Crippen LogP contribution in [0.2, 0.25) is 0 Å². The van der Waals surface area contributed by atoms with Crippen molar-refractivity contribution in [3.8, 4) is 0 Å². The van der Waals surface area contributed by atoms with E-state index in [1.165, 1.54) is 0 Å². The summed E-state index contributed by atoms with van der Waals surface area (Å²) in [6.07, 6.45) is 0. The first-order valence-corrected chi connectivity index (χ1v) is 1.89. The monoisotopic (exact) mass is 101 g/mol. The van der Waals surface area contributed by atoms with Crippen molar-refractivity contribution in [2.75, 3.05) is 13.2 Å². The van der Waals surface area contributed by atoms with Gasteiger partial charge in [0.1, 0.15) is 6.61 Å². The summed E-state index contributed by atoms with van der Waals surface area (Å²) >= 11 is 0. The lowest BCUT2D eigenvalue weighted by Crippen LogP contribution is -2.07. The molecule has 0 aliphatic rings. The second-order valence-electron chi connectivity index (χ2n) is 0.976. The van der Waals surface area contributed by atoms with Crippen LogP contribution in [0.25, 0.3) is 0 Å². The molecule has 0 heterocycles. The zero-order valence-electron chi connectivity index (χ0n) is 3.94. The smallest absolute Gasteiger partial charge is 0.264 e. The van der Waals surface area contributed by atoms with Gasteiger partial charge in [-0.3, -0.25) is 10.5 Å². The molecule has 0 unspecified atom stereocenters. The Morgan fingerprint density at radius 3 is 2.57 bits per heavy atom. The molecule has 0 aliphatic heterocycles. The van der Waals surface area contributed by atoms with Gasteiger partial charge in [0.25, 0.3) is 5.91 Å². The Hall–Kier alpha value is -0.570. The summed E-state index contributed by atoms with van der Waals surface area (Å²) in [5, 5.41) is 0. The normalized spacial score (nSPS) is 8.71. The van der Waals surface area contributed by atoms with E-state index in [9.17, 15) is 4.79 Å². The van der Waals surface area contributed by atoms with Crippen molar-refractivity contribution in [1.29, 1.82) is 0 Å². The number of carbonyl (C=O) groups excluding carboxylic acids is 1. The van der Waals surface area contributed by atoms with Gasteiger partial charge in [-0.15, -0.1) is 0 Å². The Morgan fingerprint density at radius 2 is 2.43 bits per heavy atom. The van der Waals surface area contributed by atoms with Gasteiger partial charge in [0.15, 0.2) is 0 Å². The number of rotatable bonds is 3. The van der Waals surface area contributed by atoms with Gasteiger partial charge in [0.2, 0.25) is 0 Å². The maximum absolute atomic E-state index is 9.72. The molecule has 1 N–H and O–H groups in total. The first-order valence-electron chi connectivity index (χ1n) is 1.89. The first-order chi connectivity index (χ1) is 3.27. The molecule has 0 aromatic rings. The number of amides is 1. The molecule has 0 spiro atoms. The Labute approximate surface area is 42.4 Å². The minimum atomic E-state index is -0.705. The predicted octanol–water partition coefficient (Wildman–Crippen LogP) is -0.353. The Morgan fingerprint density at radius 1 is 1.86 bits per heavy atom. The predicted molar refractivity (Wildman–Crippen MR) is 24.3 cm³/mol. The number of ether oxygens (including phenoxy) is 1. The fraction of sp³-hybridized carbons (Fsp3) is 0.500. The fourth-order valence-corrected chi connectivity index (χ4v) is 0.165. The highest BCUT2D eigenvalue weighted by Crippen LogP contribution is 1.68. The van der Waals surface area contributed by atoms with Crippen molar-refractivity contribution >= 4 is 5.91 Å². The number of carbonyl (C=O) groups is 1. The summed E-state index contributed by atoms with van der Waals surface area (Å²) in [7, 11) is 0. The van der Waals surface area contributed by atoms with Crippen LogP contribution in [0, 0.1) is 6.92 Å². The quantitative estimate of drug-likeness (QED) is 0.487. The first kappa shape index (κ1) is 6.43. The Bertz CT molecular complexity index is 62.7. The van der Waals surface area contributed by atoms with Crippen LogP contribution in [0.3, 0.4) is 0 Å². The van der Waals surface area contributed by atoms with Crippen LogP contribution in [0.5, 0.6) is 0 Å². The van der Waals surface area contributed by atoms with Gasteiger partial charge >= 0.3 is 0 Å². The van der Waals surface area contributed by atoms with E-state index in [2.05, 4.69) is 11.7 Å². The highest BCUT2D eigenvalue weighted by Gasteiger charge is 1.89. The molecule has 0 aliphatic carbocycles. The topological polar surface area (TPSA) is 50.1 Å². The van der Waals surface area contributed by atoms with Crippen LogP contribution in [0.1, 0.15) is 0 Å². The molecule has 2 radical (unpaired) electrons. The van der Waals surface area contributed by atoms with E-state index in [1.807, 2.05) is 0 Å². The van der Waals surface area contributed by atoms with E-state index in [-0.39, 0.29) is 13.2 Å². The summed E-state index contributed by atoms with van der Waals surface area (Å²) < 4.78 is 4.45. The number of nitrogens with one attached hydrogen (secondary N) is 1. The largest absolute Gasteiger partial charge is 0.372 e. The molecule has 0 atom stereocenters. The lowest BCUT2D eigenvalue weighted by Gasteiger charge is -1.90. The number of hydrogen-bond donors (Lipinski definition) is 0. The van der Waals surface area contributed by atoms with Gasteiger partial charge in [-0.25, -0.2) is 0 Å². The van der Waals surface area contributed by atoms with Crippen molar-refractivity contribution in [1.82, 2.24) is 5.73 Å². The lowest BCUT2D eigenvalue weighted by molar-refractivity contribution is -0.122.